The summed E-state index contributed by atoms with van der Waals surface area (Å²) in [4.78, 5) is 8.92. The van der Waals surface area contributed by atoms with Gasteiger partial charge in [-0.25, -0.2) is 9.83 Å². The highest BCUT2D eigenvalue weighted by Crippen LogP contribution is 2.53. The number of hydrogen-bond acceptors (Lipinski definition) is 3. The Morgan fingerprint density at radius 2 is 1.01 bits per heavy atom. The maximum Gasteiger partial charge on any atom is 0.187 e. The molecule has 13 rings (SSSR count). The van der Waals surface area contributed by atoms with Crippen LogP contribution in [0.25, 0.3) is 132 Å². The first-order valence-corrected chi connectivity index (χ1v) is 23.0. The van der Waals surface area contributed by atoms with Gasteiger partial charge in [0.05, 0.1) is 40.9 Å². The van der Waals surface area contributed by atoms with Gasteiger partial charge in [0.1, 0.15) is 5.82 Å². The number of nitriles is 2. The lowest BCUT2D eigenvalue weighted by molar-refractivity contribution is 1.10. The van der Waals surface area contributed by atoms with Gasteiger partial charge in [-0.1, -0.05) is 109 Å². The number of nitrogens with zero attached hydrogens (tertiary/aromatic N) is 5. The van der Waals surface area contributed by atoms with Crippen LogP contribution < -0.4 is 0 Å². The quantitative estimate of drug-likeness (QED) is 0.128. The van der Waals surface area contributed by atoms with E-state index in [9.17, 15) is 10.5 Å². The molecule has 1 aromatic heterocycles. The van der Waals surface area contributed by atoms with E-state index in [2.05, 4.69) is 169 Å². The molecule has 1 aliphatic rings. The van der Waals surface area contributed by atoms with E-state index in [1.807, 2.05) is 54.6 Å². The molecule has 5 nitrogen and oxygen atoms in total. The Labute approximate surface area is 398 Å². The van der Waals surface area contributed by atoms with Crippen LogP contribution in [0.2, 0.25) is 0 Å². The number of para-hydroxylation sites is 2. The van der Waals surface area contributed by atoms with E-state index < -0.39 is 0 Å². The van der Waals surface area contributed by atoms with Crippen LogP contribution in [-0.4, -0.2) is 9.55 Å². The number of aromatic nitrogens is 2. The Bertz CT molecular complexity index is 4350. The molecule has 0 bridgehead atoms. The molecule has 0 atom stereocenters. The van der Waals surface area contributed by atoms with E-state index in [-0.39, 0.29) is 0 Å². The number of hydrogen-bond donors (Lipinski definition) is 0. The molecule has 0 spiro atoms. The fourth-order valence-corrected chi connectivity index (χ4v) is 11.1. The van der Waals surface area contributed by atoms with Crippen molar-refractivity contribution in [2.75, 3.05) is 0 Å². The average Bonchev–Trinajstić information content (AvgIpc) is 3.94. The van der Waals surface area contributed by atoms with Crippen LogP contribution in [0.1, 0.15) is 22.3 Å². The molecule has 0 amide bonds. The molecule has 5 heteroatoms. The van der Waals surface area contributed by atoms with Gasteiger partial charge in [0, 0.05) is 11.3 Å². The predicted octanol–water partition coefficient (Wildman–Crippen LogP) is 16.9. The maximum atomic E-state index is 9.87. The summed E-state index contributed by atoms with van der Waals surface area (Å²) >= 11 is 0. The van der Waals surface area contributed by atoms with E-state index in [0.717, 1.165) is 99.4 Å². The largest absolute Gasteiger partial charge is 0.292 e. The van der Waals surface area contributed by atoms with Crippen LogP contribution in [0.5, 0.6) is 0 Å². The first kappa shape index (κ1) is 39.7. The second-order valence-electron chi connectivity index (χ2n) is 18.1. The van der Waals surface area contributed by atoms with Crippen molar-refractivity contribution in [3.63, 3.8) is 0 Å². The minimum atomic E-state index is 0.571. The van der Waals surface area contributed by atoms with Gasteiger partial charge in [0.2, 0.25) is 0 Å². The third-order valence-electron chi connectivity index (χ3n) is 14.3. The highest BCUT2D eigenvalue weighted by Gasteiger charge is 2.26. The molecule has 0 saturated carbocycles. The van der Waals surface area contributed by atoms with Crippen LogP contribution in [0, 0.1) is 43.1 Å². The maximum absolute atomic E-state index is 9.87. The Balaban J connectivity index is 1.03. The fraction of sp³-hybridized carbons (Fsp3) is 0.0312. The van der Waals surface area contributed by atoms with Gasteiger partial charge in [0.25, 0.3) is 0 Å². The van der Waals surface area contributed by atoms with Gasteiger partial charge in [0.15, 0.2) is 5.69 Å². The number of imidazole rings is 1. The van der Waals surface area contributed by atoms with Crippen molar-refractivity contribution in [2.24, 2.45) is 0 Å². The molecule has 318 valence electrons. The van der Waals surface area contributed by atoms with E-state index >= 15 is 0 Å². The number of rotatable bonds is 5. The van der Waals surface area contributed by atoms with Crippen LogP contribution in [-0.2, 0) is 0 Å². The summed E-state index contributed by atoms with van der Waals surface area (Å²) in [5.74, 6) is 0.910. The average molecular weight is 876 g/mol. The van der Waals surface area contributed by atoms with Crippen LogP contribution in [0.3, 0.4) is 0 Å². The monoisotopic (exact) mass is 875 g/mol. The standard InChI is InChI=1S/C64H37N5/c1-37-28-39(35-65)16-23-45(37)53-32-59-55(48-25-20-43(67-3)30-52(48)53)31-54(46-24-17-40(36-66)29-38(46)2)58-34-57-51-27-26-47(49-12-9-13-50(63(49)51)56(57)33-60(58)59)41-18-21-44(22-19-41)69-62-15-8-7-14-61(62)68-64(69)42-10-5-4-6-11-42/h4-34H,1-2H3. The predicted molar refractivity (Wildman–Crippen MR) is 282 cm³/mol. The normalized spacial score (nSPS) is 11.6. The van der Waals surface area contributed by atoms with Crippen molar-refractivity contribution in [2.45, 2.75) is 13.8 Å². The number of fused-ring (bicyclic) bond motifs is 9. The molecule has 1 heterocycles. The highest BCUT2D eigenvalue weighted by atomic mass is 15.1. The molecule has 0 radical (unpaired) electrons. The van der Waals surface area contributed by atoms with Crippen molar-refractivity contribution < 1.29 is 0 Å². The lowest BCUT2D eigenvalue weighted by atomic mass is 9.84. The Morgan fingerprint density at radius 3 is 1.70 bits per heavy atom. The van der Waals surface area contributed by atoms with Gasteiger partial charge in [-0.15, -0.1) is 0 Å². The molecule has 1 aliphatic carbocycles. The van der Waals surface area contributed by atoms with Crippen LogP contribution in [0.15, 0.2) is 188 Å². The van der Waals surface area contributed by atoms with E-state index in [1.165, 1.54) is 38.6 Å². The summed E-state index contributed by atoms with van der Waals surface area (Å²) < 4.78 is 2.25. The second kappa shape index (κ2) is 15.2. The Hall–Kier alpha value is -9.60. The Morgan fingerprint density at radius 1 is 0.435 bits per heavy atom. The van der Waals surface area contributed by atoms with Crippen LogP contribution >= 0.6 is 0 Å². The van der Waals surface area contributed by atoms with Gasteiger partial charge in [-0.3, -0.25) is 4.57 Å². The highest BCUT2D eigenvalue weighted by molar-refractivity contribution is 6.28. The first-order chi connectivity index (χ1) is 33.9. The Kier molecular flexibility index (Phi) is 8.77. The molecular weight excluding hydrogens is 839 g/mol. The molecule has 0 saturated heterocycles. The summed E-state index contributed by atoms with van der Waals surface area (Å²) in [7, 11) is 0. The third kappa shape index (κ3) is 6.04. The summed E-state index contributed by atoms with van der Waals surface area (Å²) in [5.41, 5.74) is 19.3. The SMILES string of the molecule is [C-]#[N+]c1ccc2c(c1)c(-c1ccc(C#N)cc1C)cc1c3cc4c(cc3c(-c3ccc(C#N)cc3C)cc21)-c1ccc(-c2ccc(-n3c(-c5ccccc5)nc5ccccc53)cc2)c2cccc-4c12. The topological polar surface area (TPSA) is 69.8 Å². The van der Waals surface area contributed by atoms with Crippen molar-refractivity contribution in [1.29, 1.82) is 10.5 Å². The van der Waals surface area contributed by atoms with Gasteiger partial charge >= 0.3 is 0 Å². The zero-order chi connectivity index (χ0) is 46.5. The number of benzene rings is 11. The van der Waals surface area contributed by atoms with Crippen molar-refractivity contribution in [3.05, 3.63) is 222 Å². The molecular formula is C64H37N5. The molecule has 0 unspecified atom stereocenters. The summed E-state index contributed by atoms with van der Waals surface area (Å²) in [5, 5.41) is 28.5. The van der Waals surface area contributed by atoms with Gasteiger partial charge in [-0.05, 0) is 203 Å². The van der Waals surface area contributed by atoms with E-state index in [1.54, 1.807) is 0 Å². The van der Waals surface area contributed by atoms with Crippen molar-refractivity contribution in [3.8, 4) is 84.8 Å². The first-order valence-electron chi connectivity index (χ1n) is 23.0. The van der Waals surface area contributed by atoms with E-state index in [4.69, 9.17) is 11.6 Å². The molecule has 0 aliphatic heterocycles. The minimum Gasteiger partial charge on any atom is -0.292 e. The van der Waals surface area contributed by atoms with Crippen molar-refractivity contribution >= 4 is 59.8 Å². The second-order valence-corrected chi connectivity index (χ2v) is 18.1. The fourth-order valence-electron chi connectivity index (χ4n) is 11.1. The minimum absolute atomic E-state index is 0.571. The molecule has 69 heavy (non-hydrogen) atoms. The summed E-state index contributed by atoms with van der Waals surface area (Å²) in [6.07, 6.45) is 0. The van der Waals surface area contributed by atoms with Gasteiger partial charge < -0.3 is 0 Å². The van der Waals surface area contributed by atoms with E-state index in [0.29, 0.717) is 16.8 Å². The van der Waals surface area contributed by atoms with Gasteiger partial charge in [-0.2, -0.15) is 10.5 Å². The molecule has 0 N–H and O–H groups in total. The zero-order valence-electron chi connectivity index (χ0n) is 37.6. The summed E-state index contributed by atoms with van der Waals surface area (Å²) in [6.45, 7) is 12.1. The molecule has 12 aromatic rings. The summed E-state index contributed by atoms with van der Waals surface area (Å²) in [6, 6.07) is 70.7. The lowest BCUT2D eigenvalue weighted by Crippen LogP contribution is -1.97. The van der Waals surface area contributed by atoms with Crippen LogP contribution in [0.4, 0.5) is 5.69 Å². The zero-order valence-corrected chi connectivity index (χ0v) is 37.6. The third-order valence-corrected chi connectivity index (χ3v) is 14.3. The molecule has 11 aromatic carbocycles. The lowest BCUT2D eigenvalue weighted by Gasteiger charge is -2.19. The molecule has 0 fully saturated rings. The smallest absolute Gasteiger partial charge is 0.187 e. The van der Waals surface area contributed by atoms with Crippen molar-refractivity contribution in [1.82, 2.24) is 9.55 Å². The number of aryl methyl sites for hydroxylation is 2.